The summed E-state index contributed by atoms with van der Waals surface area (Å²) in [7, 11) is 0. The van der Waals surface area contributed by atoms with Crippen molar-refractivity contribution in [1.29, 1.82) is 0 Å². The van der Waals surface area contributed by atoms with Crippen molar-refractivity contribution in [2.24, 2.45) is 0 Å². The van der Waals surface area contributed by atoms with Gasteiger partial charge < -0.3 is 0 Å². The Bertz CT molecular complexity index is 807. The zero-order chi connectivity index (χ0) is 14.4. The number of nitrogens with zero attached hydrogens (tertiary/aromatic N) is 2. The summed E-state index contributed by atoms with van der Waals surface area (Å²) in [4.78, 5) is 10.8. The molecule has 0 saturated carbocycles. The van der Waals surface area contributed by atoms with Crippen LogP contribution in [0.5, 0.6) is 0 Å². The zero-order valence-electron chi connectivity index (χ0n) is 11.3. The highest BCUT2D eigenvalue weighted by Gasteiger charge is 2.15. The standard InChI is InChI=1S/C15H12ClFN2S/c1-7-4-5-10(17)13-12(7)14(16)19-15(18-13)11-6-8(2)9(3)20-11/h4-6H,1-3H3. The summed E-state index contributed by atoms with van der Waals surface area (Å²) in [5.74, 6) is 0.106. The van der Waals surface area contributed by atoms with Gasteiger partial charge in [-0.25, -0.2) is 14.4 Å². The Morgan fingerprint density at radius 2 is 1.85 bits per heavy atom. The third-order valence-corrected chi connectivity index (χ3v) is 4.77. The predicted octanol–water partition coefficient (Wildman–Crippen LogP) is 5.08. The summed E-state index contributed by atoms with van der Waals surface area (Å²) in [6, 6.07) is 5.10. The third-order valence-electron chi connectivity index (χ3n) is 3.35. The Morgan fingerprint density at radius 3 is 2.50 bits per heavy atom. The van der Waals surface area contributed by atoms with E-state index >= 15 is 0 Å². The monoisotopic (exact) mass is 306 g/mol. The number of benzene rings is 1. The van der Waals surface area contributed by atoms with Crippen molar-refractivity contribution in [2.75, 3.05) is 0 Å². The van der Waals surface area contributed by atoms with Gasteiger partial charge in [-0.15, -0.1) is 11.3 Å². The fourth-order valence-electron chi connectivity index (χ4n) is 2.11. The molecule has 0 spiro atoms. The second-order valence-corrected chi connectivity index (χ2v) is 6.39. The summed E-state index contributed by atoms with van der Waals surface area (Å²) in [6.07, 6.45) is 0. The van der Waals surface area contributed by atoms with Gasteiger partial charge in [0.2, 0.25) is 0 Å². The van der Waals surface area contributed by atoms with Crippen LogP contribution in [0.15, 0.2) is 18.2 Å². The molecule has 102 valence electrons. The molecule has 0 radical (unpaired) electrons. The van der Waals surface area contributed by atoms with E-state index < -0.39 is 0 Å². The molecule has 0 N–H and O–H groups in total. The van der Waals surface area contributed by atoms with Crippen LogP contribution < -0.4 is 0 Å². The van der Waals surface area contributed by atoms with Gasteiger partial charge in [-0.1, -0.05) is 17.7 Å². The van der Waals surface area contributed by atoms with E-state index in [4.69, 9.17) is 11.6 Å². The predicted molar refractivity (Wildman–Crippen MR) is 82.0 cm³/mol. The first-order valence-electron chi connectivity index (χ1n) is 6.17. The van der Waals surface area contributed by atoms with E-state index in [0.717, 1.165) is 10.4 Å². The summed E-state index contributed by atoms with van der Waals surface area (Å²) < 4.78 is 14.0. The van der Waals surface area contributed by atoms with Crippen molar-refractivity contribution in [3.8, 4) is 10.7 Å². The van der Waals surface area contributed by atoms with Crippen molar-refractivity contribution >= 4 is 33.8 Å². The average molecular weight is 307 g/mol. The van der Waals surface area contributed by atoms with Gasteiger partial charge in [-0.2, -0.15) is 0 Å². The van der Waals surface area contributed by atoms with Crippen molar-refractivity contribution in [3.05, 3.63) is 45.2 Å². The molecule has 0 atom stereocenters. The number of thiophene rings is 1. The largest absolute Gasteiger partial charge is 0.224 e. The lowest BCUT2D eigenvalue weighted by atomic mass is 10.1. The fourth-order valence-corrected chi connectivity index (χ4v) is 3.40. The van der Waals surface area contributed by atoms with E-state index in [1.165, 1.54) is 16.5 Å². The summed E-state index contributed by atoms with van der Waals surface area (Å²) in [6.45, 7) is 5.94. The highest BCUT2D eigenvalue weighted by Crippen LogP contribution is 2.33. The number of rotatable bonds is 1. The van der Waals surface area contributed by atoms with E-state index in [1.54, 1.807) is 17.4 Å². The highest BCUT2D eigenvalue weighted by molar-refractivity contribution is 7.15. The van der Waals surface area contributed by atoms with Gasteiger partial charge >= 0.3 is 0 Å². The maximum absolute atomic E-state index is 14.0. The fraction of sp³-hybridized carbons (Fsp3) is 0.200. The Morgan fingerprint density at radius 1 is 1.10 bits per heavy atom. The first-order chi connectivity index (χ1) is 9.47. The molecule has 0 aliphatic rings. The molecule has 0 unspecified atom stereocenters. The molecule has 0 aliphatic carbocycles. The SMILES string of the molecule is Cc1cc(-c2nc(Cl)c3c(C)ccc(F)c3n2)sc1C. The molecule has 2 heterocycles. The van der Waals surface area contributed by atoms with Gasteiger partial charge in [0.05, 0.1) is 4.88 Å². The molecule has 3 aromatic rings. The second-order valence-electron chi connectivity index (χ2n) is 4.78. The van der Waals surface area contributed by atoms with E-state index in [9.17, 15) is 4.39 Å². The molecule has 5 heteroatoms. The van der Waals surface area contributed by atoms with Crippen molar-refractivity contribution in [1.82, 2.24) is 9.97 Å². The molecule has 20 heavy (non-hydrogen) atoms. The summed E-state index contributed by atoms with van der Waals surface area (Å²) in [5.41, 5.74) is 2.33. The Hall–Kier alpha value is -1.52. The molecule has 2 aromatic heterocycles. The maximum Gasteiger partial charge on any atom is 0.171 e. The topological polar surface area (TPSA) is 25.8 Å². The number of halogens is 2. The van der Waals surface area contributed by atoms with Crippen LogP contribution in [0.4, 0.5) is 4.39 Å². The van der Waals surface area contributed by atoms with E-state index in [0.29, 0.717) is 16.4 Å². The lowest BCUT2D eigenvalue weighted by molar-refractivity contribution is 0.636. The van der Waals surface area contributed by atoms with Crippen LogP contribution in [0.1, 0.15) is 16.0 Å². The smallest absolute Gasteiger partial charge is 0.171 e. The summed E-state index contributed by atoms with van der Waals surface area (Å²) in [5, 5.41) is 0.881. The van der Waals surface area contributed by atoms with Crippen LogP contribution in [0.25, 0.3) is 21.6 Å². The lowest BCUT2D eigenvalue weighted by Gasteiger charge is -2.06. The Balaban J connectivity index is 2.32. The molecule has 0 saturated heterocycles. The molecular formula is C15H12ClFN2S. The number of aryl methyl sites for hydroxylation is 3. The number of hydrogen-bond acceptors (Lipinski definition) is 3. The normalized spacial score (nSPS) is 11.2. The third kappa shape index (κ3) is 2.09. The maximum atomic E-state index is 14.0. The molecule has 0 bridgehead atoms. The van der Waals surface area contributed by atoms with Gasteiger partial charge in [-0.3, -0.25) is 0 Å². The van der Waals surface area contributed by atoms with E-state index in [-0.39, 0.29) is 11.3 Å². The molecular weight excluding hydrogens is 295 g/mol. The lowest BCUT2D eigenvalue weighted by Crippen LogP contribution is -1.94. The number of hydrogen-bond donors (Lipinski definition) is 0. The minimum Gasteiger partial charge on any atom is -0.224 e. The second kappa shape index (κ2) is 4.79. The molecule has 2 nitrogen and oxygen atoms in total. The quantitative estimate of drug-likeness (QED) is 0.586. The number of fused-ring (bicyclic) bond motifs is 1. The molecule has 3 rings (SSSR count). The average Bonchev–Trinajstić information content (AvgIpc) is 2.74. The van der Waals surface area contributed by atoms with Gasteiger partial charge in [0.15, 0.2) is 5.82 Å². The summed E-state index contributed by atoms with van der Waals surface area (Å²) >= 11 is 7.81. The molecule has 1 aromatic carbocycles. The van der Waals surface area contributed by atoms with Crippen LogP contribution in [0.2, 0.25) is 5.15 Å². The molecule has 0 aliphatic heterocycles. The minimum absolute atomic E-state index is 0.281. The Labute approximate surface area is 125 Å². The van der Waals surface area contributed by atoms with Gasteiger partial charge in [-0.05, 0) is 44.0 Å². The number of aromatic nitrogens is 2. The Kier molecular flexibility index (Phi) is 3.22. The van der Waals surface area contributed by atoms with Crippen LogP contribution in [0, 0.1) is 26.6 Å². The molecule has 0 amide bonds. The van der Waals surface area contributed by atoms with Gasteiger partial charge in [0, 0.05) is 10.3 Å². The van der Waals surface area contributed by atoms with E-state index in [1.807, 2.05) is 26.8 Å². The van der Waals surface area contributed by atoms with Crippen LogP contribution in [-0.2, 0) is 0 Å². The van der Waals surface area contributed by atoms with Gasteiger partial charge in [0.1, 0.15) is 16.5 Å². The highest BCUT2D eigenvalue weighted by atomic mass is 35.5. The zero-order valence-corrected chi connectivity index (χ0v) is 12.9. The minimum atomic E-state index is -0.374. The first kappa shape index (κ1) is 13.5. The molecule has 0 fully saturated rings. The van der Waals surface area contributed by atoms with E-state index in [2.05, 4.69) is 9.97 Å². The van der Waals surface area contributed by atoms with Crippen LogP contribution in [0.3, 0.4) is 0 Å². The van der Waals surface area contributed by atoms with Crippen molar-refractivity contribution in [3.63, 3.8) is 0 Å². The van der Waals surface area contributed by atoms with Crippen LogP contribution in [-0.4, -0.2) is 9.97 Å². The van der Waals surface area contributed by atoms with Crippen molar-refractivity contribution < 1.29 is 4.39 Å². The van der Waals surface area contributed by atoms with Gasteiger partial charge in [0.25, 0.3) is 0 Å². The van der Waals surface area contributed by atoms with Crippen molar-refractivity contribution in [2.45, 2.75) is 20.8 Å². The van der Waals surface area contributed by atoms with Crippen LogP contribution >= 0.6 is 22.9 Å². The first-order valence-corrected chi connectivity index (χ1v) is 7.36.